The second-order valence-corrected chi connectivity index (χ2v) is 8.71. The van der Waals surface area contributed by atoms with Gasteiger partial charge in [-0.25, -0.2) is 4.79 Å². The Bertz CT molecular complexity index is 889. The number of rotatable bonds is 7. The van der Waals surface area contributed by atoms with Crippen LogP contribution in [0.15, 0.2) is 18.2 Å². The van der Waals surface area contributed by atoms with Gasteiger partial charge in [0, 0.05) is 61.3 Å². The molecule has 2 heterocycles. The maximum atomic E-state index is 12.7. The summed E-state index contributed by atoms with van der Waals surface area (Å²) < 4.78 is 5.48. The van der Waals surface area contributed by atoms with Crippen LogP contribution >= 0.6 is 0 Å². The number of aromatic nitrogens is 1. The first-order chi connectivity index (χ1) is 14.6. The summed E-state index contributed by atoms with van der Waals surface area (Å²) in [4.78, 5) is 20.8. The highest BCUT2D eigenvalue weighted by molar-refractivity contribution is 5.89. The molecule has 1 aliphatic carbocycles. The number of amides is 2. The third-order valence-electron chi connectivity index (χ3n) is 6.97. The molecule has 1 fully saturated rings. The lowest BCUT2D eigenvalue weighted by Gasteiger charge is -2.47. The molecule has 1 aliphatic heterocycles. The molecule has 0 radical (unpaired) electrons. The fraction of sp³-hybridized carbons (Fsp3) is 0.625. The third kappa shape index (κ3) is 3.71. The van der Waals surface area contributed by atoms with Crippen LogP contribution in [-0.2, 0) is 17.8 Å². The highest BCUT2D eigenvalue weighted by atomic mass is 16.5. The van der Waals surface area contributed by atoms with Gasteiger partial charge in [0.2, 0.25) is 0 Å². The van der Waals surface area contributed by atoms with Crippen molar-refractivity contribution in [3.63, 3.8) is 0 Å². The molecule has 4 rings (SSSR count). The first-order valence-electron chi connectivity index (χ1n) is 11.5. The SMILES string of the molecule is CCCN1C[C@@H](NC(=O)N(CC)CC)C[C@@H]2c3cccc4[nH]c(COC)c(c34)C[C@H]21. The van der Waals surface area contributed by atoms with Gasteiger partial charge in [-0.1, -0.05) is 19.1 Å². The zero-order valence-corrected chi connectivity index (χ0v) is 18.8. The highest BCUT2D eigenvalue weighted by Gasteiger charge is 2.41. The maximum absolute atomic E-state index is 12.7. The van der Waals surface area contributed by atoms with E-state index in [1.54, 1.807) is 7.11 Å². The van der Waals surface area contributed by atoms with Gasteiger partial charge < -0.3 is 19.9 Å². The molecule has 164 valence electrons. The van der Waals surface area contributed by atoms with E-state index in [0.29, 0.717) is 18.6 Å². The second kappa shape index (κ2) is 8.98. The Kier molecular flexibility index (Phi) is 6.34. The molecule has 1 saturated heterocycles. The Morgan fingerprint density at radius 1 is 1.30 bits per heavy atom. The van der Waals surface area contributed by atoms with Gasteiger partial charge in [0.15, 0.2) is 0 Å². The van der Waals surface area contributed by atoms with Crippen LogP contribution in [0, 0.1) is 0 Å². The van der Waals surface area contributed by atoms with Gasteiger partial charge in [0.1, 0.15) is 0 Å². The Hall–Kier alpha value is -2.05. The van der Waals surface area contributed by atoms with Crippen molar-refractivity contribution in [1.82, 2.24) is 20.1 Å². The average molecular weight is 413 g/mol. The van der Waals surface area contributed by atoms with Crippen LogP contribution in [0.1, 0.15) is 56.4 Å². The second-order valence-electron chi connectivity index (χ2n) is 8.71. The molecule has 6 heteroatoms. The van der Waals surface area contributed by atoms with Crippen LogP contribution in [0.3, 0.4) is 0 Å². The number of urea groups is 1. The molecule has 2 N–H and O–H groups in total. The number of nitrogens with one attached hydrogen (secondary N) is 2. The number of aromatic amines is 1. The number of hydrogen-bond acceptors (Lipinski definition) is 3. The van der Waals surface area contributed by atoms with Crippen LogP contribution < -0.4 is 5.32 Å². The minimum atomic E-state index is 0.0682. The Balaban J connectivity index is 1.67. The van der Waals surface area contributed by atoms with E-state index in [0.717, 1.165) is 45.4 Å². The van der Waals surface area contributed by atoms with Gasteiger partial charge in [0.05, 0.1) is 6.61 Å². The van der Waals surface area contributed by atoms with Crippen molar-refractivity contribution in [2.75, 3.05) is 33.3 Å². The van der Waals surface area contributed by atoms with Crippen molar-refractivity contribution < 1.29 is 9.53 Å². The lowest BCUT2D eigenvalue weighted by molar-refractivity contribution is 0.0973. The minimum Gasteiger partial charge on any atom is -0.378 e. The summed E-state index contributed by atoms with van der Waals surface area (Å²) in [5.41, 5.74) is 5.28. The van der Waals surface area contributed by atoms with Crippen LogP contribution in [0.4, 0.5) is 4.79 Å². The number of benzene rings is 1. The van der Waals surface area contributed by atoms with Crippen molar-refractivity contribution in [2.45, 2.75) is 64.6 Å². The third-order valence-corrected chi connectivity index (χ3v) is 6.97. The van der Waals surface area contributed by atoms with E-state index in [1.807, 2.05) is 18.7 Å². The van der Waals surface area contributed by atoms with Crippen molar-refractivity contribution in [3.8, 4) is 0 Å². The number of ether oxygens (including phenoxy) is 1. The van der Waals surface area contributed by atoms with Crippen molar-refractivity contribution in [3.05, 3.63) is 35.0 Å². The molecule has 2 amide bonds. The van der Waals surface area contributed by atoms with Gasteiger partial charge in [-0.15, -0.1) is 0 Å². The molecule has 30 heavy (non-hydrogen) atoms. The van der Waals surface area contributed by atoms with Gasteiger partial charge in [0.25, 0.3) is 0 Å². The molecule has 2 aliphatic rings. The quantitative estimate of drug-likeness (QED) is 0.726. The number of H-pyrrole nitrogens is 1. The summed E-state index contributed by atoms with van der Waals surface area (Å²) in [6.07, 6.45) is 3.17. The van der Waals surface area contributed by atoms with E-state index >= 15 is 0 Å². The van der Waals surface area contributed by atoms with Crippen molar-refractivity contribution in [1.29, 1.82) is 0 Å². The van der Waals surface area contributed by atoms with E-state index in [2.05, 4.69) is 40.3 Å². The van der Waals surface area contributed by atoms with Crippen LogP contribution in [-0.4, -0.2) is 66.2 Å². The predicted molar refractivity (Wildman–Crippen MR) is 121 cm³/mol. The number of fused-ring (bicyclic) bond motifs is 2. The first-order valence-corrected chi connectivity index (χ1v) is 11.5. The number of methoxy groups -OCH3 is 1. The molecular formula is C24H36N4O2. The lowest BCUT2D eigenvalue weighted by atomic mass is 9.73. The Morgan fingerprint density at radius 2 is 2.10 bits per heavy atom. The maximum Gasteiger partial charge on any atom is 0.317 e. The zero-order chi connectivity index (χ0) is 21.3. The summed E-state index contributed by atoms with van der Waals surface area (Å²) in [5, 5.41) is 4.73. The van der Waals surface area contributed by atoms with Gasteiger partial charge in [-0.3, -0.25) is 4.90 Å². The topological polar surface area (TPSA) is 60.6 Å². The fourth-order valence-electron chi connectivity index (χ4n) is 5.65. The number of nitrogens with zero attached hydrogens (tertiary/aromatic N) is 2. The van der Waals surface area contributed by atoms with Crippen LogP contribution in [0.2, 0.25) is 0 Å². The predicted octanol–water partition coefficient (Wildman–Crippen LogP) is 3.86. The molecule has 3 atom stereocenters. The van der Waals surface area contributed by atoms with Crippen LogP contribution in [0.5, 0.6) is 0 Å². The largest absolute Gasteiger partial charge is 0.378 e. The Labute approximate surface area is 179 Å². The molecule has 6 nitrogen and oxygen atoms in total. The summed E-state index contributed by atoms with van der Waals surface area (Å²) in [5.74, 6) is 0.440. The Morgan fingerprint density at radius 3 is 2.80 bits per heavy atom. The summed E-state index contributed by atoms with van der Waals surface area (Å²) >= 11 is 0. The minimum absolute atomic E-state index is 0.0682. The van der Waals surface area contributed by atoms with E-state index in [1.165, 1.54) is 27.7 Å². The molecule has 0 spiro atoms. The monoisotopic (exact) mass is 412 g/mol. The van der Waals surface area contributed by atoms with Gasteiger partial charge in [-0.2, -0.15) is 0 Å². The molecule has 1 aromatic carbocycles. The molecular weight excluding hydrogens is 376 g/mol. The smallest absolute Gasteiger partial charge is 0.317 e. The van der Waals surface area contributed by atoms with E-state index in [4.69, 9.17) is 4.74 Å². The lowest BCUT2D eigenvalue weighted by Crippen LogP contribution is -2.58. The highest BCUT2D eigenvalue weighted by Crippen LogP contribution is 2.44. The van der Waals surface area contributed by atoms with E-state index < -0.39 is 0 Å². The number of likely N-dealkylation sites (tertiary alicyclic amines) is 1. The van der Waals surface area contributed by atoms with Gasteiger partial charge >= 0.3 is 6.03 Å². The molecule has 0 saturated carbocycles. The van der Waals surface area contributed by atoms with Crippen molar-refractivity contribution in [2.24, 2.45) is 0 Å². The van der Waals surface area contributed by atoms with Crippen molar-refractivity contribution >= 4 is 16.9 Å². The number of carbonyl (C=O) groups excluding carboxylic acids is 1. The number of carbonyl (C=O) groups is 1. The normalized spacial score (nSPS) is 23.4. The summed E-state index contributed by atoms with van der Waals surface area (Å²) in [6.45, 7) is 10.4. The standard InChI is InChI=1S/C24H36N4O2/c1-5-11-28-14-16(25-24(29)27(6-2)7-3)12-18-17-9-8-10-20-23(17)19(13-22(18)28)21(26-20)15-30-4/h8-10,16,18,22,26H,5-7,11-15H2,1-4H3,(H,25,29)/t16-,18+,22+/m0/s1. The zero-order valence-electron chi connectivity index (χ0n) is 18.8. The average Bonchev–Trinajstić information content (AvgIpc) is 3.09. The molecule has 0 bridgehead atoms. The molecule has 1 aromatic heterocycles. The van der Waals surface area contributed by atoms with Crippen LogP contribution in [0.25, 0.3) is 10.9 Å². The fourth-order valence-corrected chi connectivity index (χ4v) is 5.65. The number of hydrogen-bond donors (Lipinski definition) is 2. The summed E-state index contributed by atoms with van der Waals surface area (Å²) in [7, 11) is 1.76. The summed E-state index contributed by atoms with van der Waals surface area (Å²) in [6, 6.07) is 7.37. The molecule has 0 unspecified atom stereocenters. The van der Waals surface area contributed by atoms with Gasteiger partial charge in [-0.05, 0) is 56.8 Å². The molecule has 2 aromatic rings. The van der Waals surface area contributed by atoms with E-state index in [9.17, 15) is 4.79 Å². The van der Waals surface area contributed by atoms with E-state index in [-0.39, 0.29) is 12.1 Å². The first kappa shape index (κ1) is 21.2. The number of piperidine rings is 1.